The number of rotatable bonds is 6. The fourth-order valence-corrected chi connectivity index (χ4v) is 5.42. The molecule has 178 valence electrons. The van der Waals surface area contributed by atoms with Crippen molar-refractivity contribution in [3.63, 3.8) is 0 Å². The van der Waals surface area contributed by atoms with E-state index < -0.39 is 5.92 Å². The molecule has 0 fully saturated rings. The van der Waals surface area contributed by atoms with Gasteiger partial charge in [0.2, 0.25) is 0 Å². The van der Waals surface area contributed by atoms with Crippen LogP contribution < -0.4 is 9.64 Å². The highest BCUT2D eigenvalue weighted by atomic mass is 16.5. The molecule has 2 unspecified atom stereocenters. The molecule has 0 radical (unpaired) electrons. The Balaban J connectivity index is 1.26. The minimum atomic E-state index is -0.802. The number of benzene rings is 4. The highest BCUT2D eigenvalue weighted by molar-refractivity contribution is 6.29. The average molecular weight is 474 g/mol. The Hall–Kier alpha value is -4.18. The number of hydrogen-bond donors (Lipinski definition) is 0. The molecule has 2 atom stereocenters. The molecule has 0 bridgehead atoms. The molecule has 0 N–H and O–H groups in total. The van der Waals surface area contributed by atoms with Crippen LogP contribution in [0.4, 0.5) is 5.69 Å². The first-order chi connectivity index (χ1) is 17.6. The molecule has 36 heavy (non-hydrogen) atoms. The number of ether oxygens (including phenoxy) is 1. The van der Waals surface area contributed by atoms with Crippen LogP contribution in [-0.4, -0.2) is 18.1 Å². The average Bonchev–Trinajstić information content (AvgIpc) is 3.35. The second kappa shape index (κ2) is 9.12. The van der Waals surface area contributed by atoms with Gasteiger partial charge in [-0.25, -0.2) is 0 Å². The maximum absolute atomic E-state index is 13.5. The summed E-state index contributed by atoms with van der Waals surface area (Å²) in [5, 5.41) is 0. The Labute approximate surface area is 211 Å². The van der Waals surface area contributed by atoms with Crippen molar-refractivity contribution in [3.05, 3.63) is 130 Å². The number of anilines is 1. The third kappa shape index (κ3) is 3.99. The van der Waals surface area contributed by atoms with Crippen molar-refractivity contribution >= 4 is 17.3 Å². The number of nitrogens with zero attached hydrogens (tertiary/aromatic N) is 1. The lowest BCUT2D eigenvalue weighted by atomic mass is 9.91. The van der Waals surface area contributed by atoms with E-state index in [1.807, 2.05) is 42.5 Å². The van der Waals surface area contributed by atoms with Gasteiger partial charge in [0.25, 0.3) is 0 Å². The van der Waals surface area contributed by atoms with Crippen molar-refractivity contribution in [2.75, 3.05) is 11.4 Å². The second-order valence-electron chi connectivity index (χ2n) is 9.73. The van der Waals surface area contributed by atoms with E-state index in [1.54, 1.807) is 18.2 Å². The minimum absolute atomic E-state index is 0.134. The maximum Gasteiger partial charge on any atom is 0.178 e. The highest BCUT2D eigenvalue weighted by Crippen LogP contribution is 2.42. The Morgan fingerprint density at radius 2 is 1.47 bits per heavy atom. The van der Waals surface area contributed by atoms with Crippen molar-refractivity contribution in [2.45, 2.75) is 31.9 Å². The number of Topliss-reactive ketones (excluding diaryl/α,β-unsaturated/α-hetero) is 2. The highest BCUT2D eigenvalue weighted by Gasteiger charge is 2.40. The van der Waals surface area contributed by atoms with E-state index >= 15 is 0 Å². The molecule has 2 aliphatic rings. The lowest BCUT2D eigenvalue weighted by Crippen LogP contribution is -2.21. The van der Waals surface area contributed by atoms with Crippen LogP contribution in [0.15, 0.2) is 97.1 Å². The number of hydrogen-bond acceptors (Lipinski definition) is 4. The zero-order valence-corrected chi connectivity index (χ0v) is 20.2. The molecule has 0 amide bonds. The summed E-state index contributed by atoms with van der Waals surface area (Å²) in [4.78, 5) is 29.2. The summed E-state index contributed by atoms with van der Waals surface area (Å²) in [7, 11) is 0. The Bertz CT molecular complexity index is 1450. The van der Waals surface area contributed by atoms with Gasteiger partial charge in [-0.2, -0.15) is 0 Å². The molecule has 1 aliphatic heterocycles. The molecular weight excluding hydrogens is 446 g/mol. The molecule has 0 saturated heterocycles. The van der Waals surface area contributed by atoms with E-state index in [0.717, 1.165) is 29.9 Å². The van der Waals surface area contributed by atoms with Crippen molar-refractivity contribution in [3.8, 4) is 5.75 Å². The van der Waals surface area contributed by atoms with E-state index in [1.165, 1.54) is 11.1 Å². The molecule has 0 spiro atoms. The molecule has 1 heterocycles. The van der Waals surface area contributed by atoms with Crippen molar-refractivity contribution < 1.29 is 14.3 Å². The predicted molar refractivity (Wildman–Crippen MR) is 141 cm³/mol. The molecule has 0 aromatic heterocycles. The van der Waals surface area contributed by atoms with E-state index in [2.05, 4.69) is 48.2 Å². The van der Waals surface area contributed by atoms with Crippen molar-refractivity contribution in [1.29, 1.82) is 0 Å². The van der Waals surface area contributed by atoms with Crippen LogP contribution in [0.25, 0.3) is 0 Å². The van der Waals surface area contributed by atoms with Gasteiger partial charge < -0.3 is 9.64 Å². The third-order valence-corrected chi connectivity index (χ3v) is 7.26. The molecule has 0 saturated carbocycles. The molecule has 6 rings (SSSR count). The van der Waals surface area contributed by atoms with Gasteiger partial charge in [-0.15, -0.1) is 0 Å². The van der Waals surface area contributed by atoms with Crippen LogP contribution in [0, 0.1) is 0 Å². The van der Waals surface area contributed by atoms with Crippen LogP contribution in [0.3, 0.4) is 0 Å². The summed E-state index contributed by atoms with van der Waals surface area (Å²) >= 11 is 0. The van der Waals surface area contributed by atoms with Crippen LogP contribution in [0.5, 0.6) is 5.75 Å². The molecular formula is C32H27NO3. The number of fused-ring (bicyclic) bond motifs is 2. The first-order valence-corrected chi connectivity index (χ1v) is 12.4. The second-order valence-corrected chi connectivity index (χ2v) is 9.73. The minimum Gasteiger partial charge on any atom is -0.489 e. The SMILES string of the molecule is CC1CN(Cc2ccccc2)c2cc(C3C(=O)c4ccc(OCc5ccccc5)cc4C3=O)ccc21. The van der Waals surface area contributed by atoms with Crippen LogP contribution in [0.2, 0.25) is 0 Å². The first-order valence-electron chi connectivity index (χ1n) is 12.4. The fraction of sp³-hybridized carbons (Fsp3) is 0.188. The normalized spacial score (nSPS) is 18.3. The van der Waals surface area contributed by atoms with Crippen molar-refractivity contribution in [2.24, 2.45) is 0 Å². The predicted octanol–water partition coefficient (Wildman–Crippen LogP) is 6.55. The standard InChI is InChI=1S/C32H27NO3/c1-21-18-33(19-22-8-4-2-5-9-22)29-16-24(12-14-26(21)29)30-31(34)27-15-13-25(17-28(27)32(30)35)36-20-23-10-6-3-7-11-23/h2-17,21,30H,18-20H2,1H3. The first kappa shape index (κ1) is 22.3. The lowest BCUT2D eigenvalue weighted by molar-refractivity contribution is 0.0890. The van der Waals surface area contributed by atoms with Gasteiger partial charge >= 0.3 is 0 Å². The van der Waals surface area contributed by atoms with Gasteiger partial charge in [0, 0.05) is 35.8 Å². The molecule has 4 heteroatoms. The van der Waals surface area contributed by atoms with Gasteiger partial charge in [0.15, 0.2) is 11.6 Å². The topological polar surface area (TPSA) is 46.6 Å². The zero-order chi connectivity index (χ0) is 24.6. The van der Waals surface area contributed by atoms with E-state index in [4.69, 9.17) is 4.74 Å². The van der Waals surface area contributed by atoms with Gasteiger partial charge in [-0.3, -0.25) is 9.59 Å². The van der Waals surface area contributed by atoms with Gasteiger partial charge in [0.1, 0.15) is 18.3 Å². The van der Waals surface area contributed by atoms with E-state index in [9.17, 15) is 9.59 Å². The molecule has 4 aromatic rings. The van der Waals surface area contributed by atoms with Crippen LogP contribution >= 0.6 is 0 Å². The van der Waals surface area contributed by atoms with Gasteiger partial charge in [0.05, 0.1) is 0 Å². The summed E-state index contributed by atoms with van der Waals surface area (Å²) in [5.41, 5.74) is 6.36. The van der Waals surface area contributed by atoms with Crippen molar-refractivity contribution in [1.82, 2.24) is 0 Å². The molecule has 4 aromatic carbocycles. The quantitative estimate of drug-likeness (QED) is 0.298. The fourth-order valence-electron chi connectivity index (χ4n) is 5.42. The summed E-state index contributed by atoms with van der Waals surface area (Å²) in [5.74, 6) is -0.0967. The van der Waals surface area contributed by atoms with Crippen LogP contribution in [-0.2, 0) is 13.2 Å². The monoisotopic (exact) mass is 473 g/mol. The summed E-state index contributed by atoms with van der Waals surface area (Å²) in [6, 6.07) is 31.6. The number of carbonyl (C=O) groups is 2. The third-order valence-electron chi connectivity index (χ3n) is 7.26. The number of carbonyl (C=O) groups excluding carboxylic acids is 2. The molecule has 4 nitrogen and oxygen atoms in total. The maximum atomic E-state index is 13.5. The van der Waals surface area contributed by atoms with E-state index in [0.29, 0.717) is 29.4 Å². The Morgan fingerprint density at radius 3 is 2.22 bits per heavy atom. The Morgan fingerprint density at radius 1 is 0.778 bits per heavy atom. The van der Waals surface area contributed by atoms with Gasteiger partial charge in [-0.1, -0.05) is 79.7 Å². The largest absolute Gasteiger partial charge is 0.489 e. The van der Waals surface area contributed by atoms with Gasteiger partial charge in [-0.05, 0) is 46.5 Å². The lowest BCUT2D eigenvalue weighted by Gasteiger charge is -2.21. The summed E-state index contributed by atoms with van der Waals surface area (Å²) < 4.78 is 5.91. The van der Waals surface area contributed by atoms with E-state index in [-0.39, 0.29) is 11.6 Å². The van der Waals surface area contributed by atoms with Crippen LogP contribution in [0.1, 0.15) is 61.7 Å². The smallest absolute Gasteiger partial charge is 0.178 e. The summed E-state index contributed by atoms with van der Waals surface area (Å²) in [6.45, 7) is 4.35. The summed E-state index contributed by atoms with van der Waals surface area (Å²) in [6.07, 6.45) is 0. The zero-order valence-electron chi connectivity index (χ0n) is 20.2. The Kier molecular flexibility index (Phi) is 5.65. The number of ketones is 2. The molecule has 1 aliphatic carbocycles.